The Morgan fingerprint density at radius 1 is 1.53 bits per heavy atom. The third-order valence-corrected chi connectivity index (χ3v) is 2.88. The van der Waals surface area contributed by atoms with Gasteiger partial charge >= 0.3 is 5.97 Å². The van der Waals surface area contributed by atoms with E-state index >= 15 is 0 Å². The number of hydrogen-bond donors (Lipinski definition) is 1. The summed E-state index contributed by atoms with van der Waals surface area (Å²) < 4.78 is 4.93. The molecule has 1 aromatic rings. The molecule has 0 aromatic carbocycles. The maximum absolute atomic E-state index is 11.5. The van der Waals surface area contributed by atoms with Crippen molar-refractivity contribution in [3.63, 3.8) is 0 Å². The lowest BCUT2D eigenvalue weighted by Gasteiger charge is -1.98. The first-order chi connectivity index (χ1) is 7.19. The van der Waals surface area contributed by atoms with E-state index in [0.29, 0.717) is 11.5 Å². The molecule has 0 saturated carbocycles. The third kappa shape index (κ3) is 3.20. The van der Waals surface area contributed by atoms with Gasteiger partial charge in [0, 0.05) is 6.54 Å². The van der Waals surface area contributed by atoms with Gasteiger partial charge in [0.1, 0.15) is 4.88 Å². The van der Waals surface area contributed by atoms with Crippen LogP contribution in [0.5, 0.6) is 0 Å². The predicted molar refractivity (Wildman–Crippen MR) is 61.6 cm³/mol. The number of aromatic nitrogens is 1. The minimum Gasteiger partial charge on any atom is -0.462 e. The summed E-state index contributed by atoms with van der Waals surface area (Å²) in [5.74, 6) is -0.281. The highest BCUT2D eigenvalue weighted by Gasteiger charge is 2.15. The number of hydrogen-bond acceptors (Lipinski definition) is 5. The molecule has 0 bridgehead atoms. The minimum absolute atomic E-state index is 0.281. The average Bonchev–Trinajstić information content (AvgIpc) is 2.57. The largest absolute Gasteiger partial charge is 0.462 e. The van der Waals surface area contributed by atoms with E-state index in [2.05, 4.69) is 17.2 Å². The first kappa shape index (κ1) is 12.0. The van der Waals surface area contributed by atoms with Crippen LogP contribution in [-0.2, 0) is 4.74 Å². The third-order valence-electron chi connectivity index (χ3n) is 1.78. The van der Waals surface area contributed by atoms with Gasteiger partial charge in [0.2, 0.25) is 0 Å². The van der Waals surface area contributed by atoms with Crippen LogP contribution in [0, 0.1) is 6.92 Å². The van der Waals surface area contributed by atoms with Gasteiger partial charge in [0.05, 0.1) is 12.3 Å². The van der Waals surface area contributed by atoms with Crippen molar-refractivity contribution in [3.8, 4) is 0 Å². The lowest BCUT2D eigenvalue weighted by Crippen LogP contribution is -2.03. The smallest absolute Gasteiger partial charge is 0.350 e. The SMILES string of the molecule is CCCNc1nc(C)c(C(=O)OCC)s1. The fourth-order valence-corrected chi connectivity index (χ4v) is 1.98. The molecule has 1 rings (SSSR count). The zero-order valence-electron chi connectivity index (χ0n) is 9.29. The molecule has 0 radical (unpaired) electrons. The second-order valence-corrected chi connectivity index (χ2v) is 4.08. The number of esters is 1. The lowest BCUT2D eigenvalue weighted by molar-refractivity contribution is 0.0531. The van der Waals surface area contributed by atoms with Crippen LogP contribution in [-0.4, -0.2) is 24.1 Å². The van der Waals surface area contributed by atoms with Gasteiger partial charge in [0.25, 0.3) is 0 Å². The van der Waals surface area contributed by atoms with E-state index in [4.69, 9.17) is 4.74 Å². The summed E-state index contributed by atoms with van der Waals surface area (Å²) in [6, 6.07) is 0. The van der Waals surface area contributed by atoms with Gasteiger partial charge in [-0.15, -0.1) is 0 Å². The fraction of sp³-hybridized carbons (Fsp3) is 0.600. The minimum atomic E-state index is -0.281. The molecule has 1 N–H and O–H groups in total. The van der Waals surface area contributed by atoms with Crippen molar-refractivity contribution in [2.24, 2.45) is 0 Å². The van der Waals surface area contributed by atoms with Crippen molar-refractivity contribution in [1.82, 2.24) is 4.98 Å². The van der Waals surface area contributed by atoms with E-state index in [1.54, 1.807) is 6.92 Å². The second-order valence-electron chi connectivity index (χ2n) is 3.08. The van der Waals surface area contributed by atoms with E-state index in [1.165, 1.54) is 11.3 Å². The van der Waals surface area contributed by atoms with Crippen molar-refractivity contribution >= 4 is 22.4 Å². The molecule has 4 nitrogen and oxygen atoms in total. The molecule has 84 valence electrons. The van der Waals surface area contributed by atoms with Crippen molar-refractivity contribution < 1.29 is 9.53 Å². The normalized spacial score (nSPS) is 10.1. The van der Waals surface area contributed by atoms with Gasteiger partial charge in [0.15, 0.2) is 5.13 Å². The Balaban J connectivity index is 2.72. The predicted octanol–water partition coefficient (Wildman–Crippen LogP) is 2.45. The summed E-state index contributed by atoms with van der Waals surface area (Å²) in [5.41, 5.74) is 0.733. The molecule has 5 heteroatoms. The highest BCUT2D eigenvalue weighted by molar-refractivity contribution is 7.17. The van der Waals surface area contributed by atoms with E-state index in [9.17, 15) is 4.79 Å². The molecule has 0 amide bonds. The van der Waals surface area contributed by atoms with Crippen molar-refractivity contribution in [1.29, 1.82) is 0 Å². The van der Waals surface area contributed by atoms with Gasteiger partial charge in [-0.2, -0.15) is 0 Å². The highest BCUT2D eigenvalue weighted by Crippen LogP contribution is 2.23. The molecule has 0 aliphatic rings. The summed E-state index contributed by atoms with van der Waals surface area (Å²) >= 11 is 1.35. The first-order valence-electron chi connectivity index (χ1n) is 5.07. The number of anilines is 1. The number of ether oxygens (including phenoxy) is 1. The monoisotopic (exact) mass is 228 g/mol. The Labute approximate surface area is 93.7 Å². The number of carbonyl (C=O) groups excluding carboxylic acids is 1. The fourth-order valence-electron chi connectivity index (χ4n) is 1.09. The molecule has 0 unspecified atom stereocenters. The molecule has 0 aliphatic heterocycles. The maximum Gasteiger partial charge on any atom is 0.350 e. The van der Waals surface area contributed by atoms with Crippen LogP contribution in [0.4, 0.5) is 5.13 Å². The van der Waals surface area contributed by atoms with Crippen LogP contribution in [0.25, 0.3) is 0 Å². The van der Waals surface area contributed by atoms with E-state index < -0.39 is 0 Å². The molecule has 0 saturated heterocycles. The number of nitrogens with zero attached hydrogens (tertiary/aromatic N) is 1. The topological polar surface area (TPSA) is 51.2 Å². The molecular formula is C10H16N2O2S. The zero-order valence-corrected chi connectivity index (χ0v) is 10.1. The highest BCUT2D eigenvalue weighted by atomic mass is 32.1. The summed E-state index contributed by atoms with van der Waals surface area (Å²) in [6.07, 6.45) is 1.04. The quantitative estimate of drug-likeness (QED) is 0.786. The maximum atomic E-state index is 11.5. The van der Waals surface area contributed by atoms with E-state index in [-0.39, 0.29) is 5.97 Å². The average molecular weight is 228 g/mol. The van der Waals surface area contributed by atoms with E-state index in [1.807, 2.05) is 6.92 Å². The number of aryl methyl sites for hydroxylation is 1. The van der Waals surface area contributed by atoms with Crippen LogP contribution in [0.15, 0.2) is 0 Å². The van der Waals surface area contributed by atoms with Gasteiger partial charge in [-0.3, -0.25) is 0 Å². The van der Waals surface area contributed by atoms with Crippen LogP contribution in [0.2, 0.25) is 0 Å². The standard InChI is InChI=1S/C10H16N2O2S/c1-4-6-11-10-12-7(3)8(15-10)9(13)14-5-2/h4-6H2,1-3H3,(H,11,12). The summed E-state index contributed by atoms with van der Waals surface area (Å²) in [7, 11) is 0. The van der Waals surface area contributed by atoms with E-state index in [0.717, 1.165) is 23.8 Å². The molecular weight excluding hydrogens is 212 g/mol. The lowest BCUT2D eigenvalue weighted by atomic mass is 10.4. The molecule has 15 heavy (non-hydrogen) atoms. The summed E-state index contributed by atoms with van der Waals surface area (Å²) in [5, 5.41) is 3.94. The molecule has 0 aliphatic carbocycles. The Bertz CT molecular complexity index is 336. The number of rotatable bonds is 5. The zero-order chi connectivity index (χ0) is 11.3. The van der Waals surface area contributed by atoms with Crippen LogP contribution < -0.4 is 5.32 Å². The van der Waals surface area contributed by atoms with Gasteiger partial charge in [-0.25, -0.2) is 9.78 Å². The Hall–Kier alpha value is -1.10. The van der Waals surface area contributed by atoms with Gasteiger partial charge < -0.3 is 10.1 Å². The van der Waals surface area contributed by atoms with Crippen molar-refractivity contribution in [3.05, 3.63) is 10.6 Å². The van der Waals surface area contributed by atoms with Crippen LogP contribution >= 0.6 is 11.3 Å². The van der Waals surface area contributed by atoms with Gasteiger partial charge in [-0.05, 0) is 20.3 Å². The molecule has 0 spiro atoms. The number of carbonyl (C=O) groups is 1. The Morgan fingerprint density at radius 3 is 2.87 bits per heavy atom. The molecule has 0 atom stereocenters. The molecule has 1 heterocycles. The number of thiazole rings is 1. The van der Waals surface area contributed by atoms with Crippen molar-refractivity contribution in [2.75, 3.05) is 18.5 Å². The summed E-state index contributed by atoms with van der Waals surface area (Å²) in [4.78, 5) is 16.3. The first-order valence-corrected chi connectivity index (χ1v) is 5.89. The van der Waals surface area contributed by atoms with Gasteiger partial charge in [-0.1, -0.05) is 18.3 Å². The Morgan fingerprint density at radius 2 is 2.27 bits per heavy atom. The Kier molecular flexibility index (Phi) is 4.55. The number of nitrogens with one attached hydrogen (secondary N) is 1. The summed E-state index contributed by atoms with van der Waals surface area (Å²) in [6.45, 7) is 6.97. The van der Waals surface area contributed by atoms with Crippen molar-refractivity contribution in [2.45, 2.75) is 27.2 Å². The van der Waals surface area contributed by atoms with Crippen LogP contribution in [0.3, 0.4) is 0 Å². The molecule has 1 aromatic heterocycles. The van der Waals surface area contributed by atoms with Crippen LogP contribution in [0.1, 0.15) is 35.6 Å². The molecule has 0 fully saturated rings. The second kappa shape index (κ2) is 5.70.